The Bertz CT molecular complexity index is 1260. The molecule has 1 aromatic heterocycles. The van der Waals surface area contributed by atoms with E-state index in [-0.39, 0.29) is 23.8 Å². The summed E-state index contributed by atoms with van der Waals surface area (Å²) in [5.74, 6) is 1.03. The molecule has 2 heterocycles. The quantitative estimate of drug-likeness (QED) is 0.203. The van der Waals surface area contributed by atoms with Crippen LogP contribution in [-0.4, -0.2) is 57.9 Å². The molecule has 0 radical (unpaired) electrons. The first-order valence-electron chi connectivity index (χ1n) is 13.1. The van der Waals surface area contributed by atoms with Gasteiger partial charge < -0.3 is 25.8 Å². The third-order valence-electron chi connectivity index (χ3n) is 7.06. The van der Waals surface area contributed by atoms with Gasteiger partial charge in [-0.05, 0) is 49.4 Å². The van der Waals surface area contributed by atoms with Gasteiger partial charge in [0.2, 0.25) is 0 Å². The molecule has 1 fully saturated rings. The third-order valence-corrected chi connectivity index (χ3v) is 7.06. The zero-order valence-corrected chi connectivity index (χ0v) is 21.7. The summed E-state index contributed by atoms with van der Waals surface area (Å²) in [5, 5.41) is 13.4. The van der Waals surface area contributed by atoms with Crippen molar-refractivity contribution >= 4 is 28.8 Å². The molecule has 9 nitrogen and oxygen atoms in total. The predicted octanol–water partition coefficient (Wildman–Crippen LogP) is 3.35. The van der Waals surface area contributed by atoms with Crippen LogP contribution in [0.4, 0.5) is 4.79 Å². The number of fused-ring (bicyclic) bond motifs is 1. The number of nitrogens with one attached hydrogen (secondary N) is 3. The maximum absolute atomic E-state index is 13.2. The minimum Gasteiger partial charge on any atom is -0.384 e. The van der Waals surface area contributed by atoms with E-state index in [9.17, 15) is 9.59 Å². The van der Waals surface area contributed by atoms with E-state index >= 15 is 0 Å². The van der Waals surface area contributed by atoms with E-state index < -0.39 is 0 Å². The first kappa shape index (κ1) is 26.2. The molecule has 0 saturated carbocycles. The number of rotatable bonds is 9. The zero-order chi connectivity index (χ0) is 26.4. The Hall–Kier alpha value is -3.88. The molecule has 1 saturated heterocycles. The molecular weight excluding hydrogens is 466 g/mol. The van der Waals surface area contributed by atoms with Crippen molar-refractivity contribution in [3.63, 3.8) is 0 Å². The molecule has 0 spiro atoms. The molecule has 37 heavy (non-hydrogen) atoms. The van der Waals surface area contributed by atoms with Crippen LogP contribution in [-0.2, 0) is 19.9 Å². The minimum atomic E-state index is -0.122. The Morgan fingerprint density at radius 1 is 1.08 bits per heavy atom. The highest BCUT2D eigenvalue weighted by Crippen LogP contribution is 2.21. The molecule has 0 bridgehead atoms. The number of hydrogen-bond donors (Lipinski definition) is 4. The Morgan fingerprint density at radius 2 is 1.78 bits per heavy atom. The molecule has 1 aliphatic heterocycles. The number of nitrogens with two attached hydrogens (primary N) is 1. The minimum absolute atomic E-state index is 0.00510. The summed E-state index contributed by atoms with van der Waals surface area (Å²) in [4.78, 5) is 31.9. The van der Waals surface area contributed by atoms with Gasteiger partial charge in [-0.3, -0.25) is 10.2 Å². The first-order valence-corrected chi connectivity index (χ1v) is 13.1. The van der Waals surface area contributed by atoms with E-state index in [2.05, 4.69) is 22.1 Å². The van der Waals surface area contributed by atoms with Gasteiger partial charge in [-0.1, -0.05) is 37.6 Å². The highest BCUT2D eigenvalue weighted by Gasteiger charge is 2.25. The Labute approximate surface area is 217 Å². The molecule has 196 valence electrons. The van der Waals surface area contributed by atoms with Gasteiger partial charge in [0.1, 0.15) is 11.7 Å². The number of amidine groups is 1. The zero-order valence-electron chi connectivity index (χ0n) is 21.7. The Balaban J connectivity index is 1.34. The number of carbonyl (C=O) groups excluding carboxylic acids is 2. The summed E-state index contributed by atoms with van der Waals surface area (Å²) in [5.41, 5.74) is 9.87. The Morgan fingerprint density at radius 3 is 2.46 bits per heavy atom. The first-order chi connectivity index (χ1) is 17.9. The van der Waals surface area contributed by atoms with Crippen LogP contribution >= 0.6 is 0 Å². The summed E-state index contributed by atoms with van der Waals surface area (Å²) in [7, 11) is 2.00. The van der Waals surface area contributed by atoms with E-state index in [0.717, 1.165) is 66.5 Å². The number of nitrogens with zero attached hydrogens (tertiary/aromatic N) is 3. The number of piperidine rings is 1. The van der Waals surface area contributed by atoms with Gasteiger partial charge in [-0.2, -0.15) is 0 Å². The monoisotopic (exact) mass is 503 g/mol. The van der Waals surface area contributed by atoms with Crippen LogP contribution in [0.25, 0.3) is 11.0 Å². The molecule has 1 aliphatic rings. The second-order valence-corrected chi connectivity index (χ2v) is 9.72. The highest BCUT2D eigenvalue weighted by molar-refractivity contribution is 5.97. The Kier molecular flexibility index (Phi) is 8.43. The normalized spacial score (nSPS) is 14.1. The standard InChI is InChI=1S/C28H37N7O2/c1-3-4-15-31-28(37)32-22-13-16-35(17-14-22)27(36)21-10-11-24-23(18-21)33-25(34(24)2)12-7-19-5-8-20(9-6-19)26(29)30/h5-6,8-11,18,22H,3-4,7,12-17H2,1-2H3,(H3,29,30)(H2,31,32,37). The number of carbonyl (C=O) groups is 2. The van der Waals surface area contributed by atoms with Crippen molar-refractivity contribution in [3.05, 3.63) is 65.0 Å². The van der Waals surface area contributed by atoms with Gasteiger partial charge >= 0.3 is 6.03 Å². The van der Waals surface area contributed by atoms with E-state index in [4.69, 9.17) is 16.1 Å². The average molecular weight is 504 g/mol. The number of nitrogen functional groups attached to an aromatic ring is 1. The van der Waals surface area contributed by atoms with Gasteiger partial charge in [0.15, 0.2) is 0 Å². The second kappa shape index (κ2) is 11.9. The smallest absolute Gasteiger partial charge is 0.315 e. The molecule has 5 N–H and O–H groups in total. The van der Waals surface area contributed by atoms with Crippen molar-refractivity contribution in [2.75, 3.05) is 19.6 Å². The number of urea groups is 1. The lowest BCUT2D eigenvalue weighted by Crippen LogP contribution is -2.49. The topological polar surface area (TPSA) is 129 Å². The lowest BCUT2D eigenvalue weighted by atomic mass is 10.0. The summed E-state index contributed by atoms with van der Waals surface area (Å²) in [6.07, 6.45) is 5.09. The van der Waals surface area contributed by atoms with Crippen LogP contribution in [0.3, 0.4) is 0 Å². The maximum Gasteiger partial charge on any atom is 0.315 e. The van der Waals surface area contributed by atoms with Crippen LogP contribution in [0.15, 0.2) is 42.5 Å². The number of benzene rings is 2. The molecule has 2 aromatic carbocycles. The summed E-state index contributed by atoms with van der Waals surface area (Å²) >= 11 is 0. The largest absolute Gasteiger partial charge is 0.384 e. The number of likely N-dealkylation sites (tertiary alicyclic amines) is 1. The molecular formula is C28H37N7O2. The van der Waals surface area contributed by atoms with Crippen LogP contribution in [0.2, 0.25) is 0 Å². The fourth-order valence-corrected chi connectivity index (χ4v) is 4.74. The molecule has 3 amide bonds. The maximum atomic E-state index is 13.2. The lowest BCUT2D eigenvalue weighted by Gasteiger charge is -2.32. The van der Waals surface area contributed by atoms with Crippen molar-refractivity contribution in [2.45, 2.75) is 51.5 Å². The number of amides is 3. The molecule has 0 aliphatic carbocycles. The van der Waals surface area contributed by atoms with Crippen LogP contribution in [0.1, 0.15) is 59.9 Å². The van der Waals surface area contributed by atoms with Crippen molar-refractivity contribution in [3.8, 4) is 0 Å². The number of aryl methyl sites for hydroxylation is 3. The van der Waals surface area contributed by atoms with Crippen LogP contribution in [0.5, 0.6) is 0 Å². The number of hydrogen-bond acceptors (Lipinski definition) is 4. The molecule has 0 atom stereocenters. The van der Waals surface area contributed by atoms with E-state index in [1.54, 1.807) is 0 Å². The van der Waals surface area contributed by atoms with E-state index in [0.29, 0.717) is 25.2 Å². The van der Waals surface area contributed by atoms with Crippen molar-refractivity contribution in [1.82, 2.24) is 25.1 Å². The second-order valence-electron chi connectivity index (χ2n) is 9.72. The SMILES string of the molecule is CCCCNC(=O)NC1CCN(C(=O)c2ccc3c(c2)nc(CCc2ccc(C(=N)N)cc2)n3C)CC1. The van der Waals surface area contributed by atoms with Gasteiger partial charge in [-0.25, -0.2) is 9.78 Å². The molecule has 0 unspecified atom stereocenters. The van der Waals surface area contributed by atoms with Crippen LogP contribution < -0.4 is 16.4 Å². The lowest BCUT2D eigenvalue weighted by molar-refractivity contribution is 0.0708. The van der Waals surface area contributed by atoms with Crippen molar-refractivity contribution in [1.29, 1.82) is 5.41 Å². The van der Waals surface area contributed by atoms with Crippen LogP contribution in [0, 0.1) is 5.41 Å². The number of imidazole rings is 1. The van der Waals surface area contributed by atoms with Gasteiger partial charge in [0, 0.05) is 50.3 Å². The average Bonchev–Trinajstić information content (AvgIpc) is 3.22. The summed E-state index contributed by atoms with van der Waals surface area (Å²) < 4.78 is 2.08. The van der Waals surface area contributed by atoms with Crippen molar-refractivity contribution < 1.29 is 9.59 Å². The van der Waals surface area contributed by atoms with Gasteiger partial charge in [0.25, 0.3) is 5.91 Å². The summed E-state index contributed by atoms with van der Waals surface area (Å²) in [6.45, 7) is 4.01. The van der Waals surface area contributed by atoms with Crippen molar-refractivity contribution in [2.24, 2.45) is 12.8 Å². The van der Waals surface area contributed by atoms with Gasteiger partial charge in [-0.15, -0.1) is 0 Å². The van der Waals surface area contributed by atoms with E-state index in [1.807, 2.05) is 54.4 Å². The number of unbranched alkanes of at least 4 members (excludes halogenated alkanes) is 1. The highest BCUT2D eigenvalue weighted by atomic mass is 16.2. The summed E-state index contributed by atoms with van der Waals surface area (Å²) in [6, 6.07) is 13.4. The fraction of sp³-hybridized carbons (Fsp3) is 0.429. The molecule has 4 rings (SSSR count). The molecule has 9 heteroatoms. The van der Waals surface area contributed by atoms with E-state index in [1.165, 1.54) is 0 Å². The fourth-order valence-electron chi connectivity index (χ4n) is 4.74. The predicted molar refractivity (Wildman–Crippen MR) is 146 cm³/mol. The third kappa shape index (κ3) is 6.47. The molecule has 3 aromatic rings. The van der Waals surface area contributed by atoms with Gasteiger partial charge in [0.05, 0.1) is 11.0 Å². The number of aromatic nitrogens is 2.